The monoisotopic (exact) mass is 291 g/mol. The zero-order chi connectivity index (χ0) is 13.7. The molecule has 8 nitrogen and oxygen atoms in total. The molecule has 1 rings (SSSR count). The first-order chi connectivity index (χ1) is 8.45. The molecule has 1 aromatic rings. The molecule has 0 aliphatic carbocycles. The van der Waals surface area contributed by atoms with Crippen molar-refractivity contribution in [2.45, 2.75) is 6.92 Å². The molecule has 0 bridgehead atoms. The van der Waals surface area contributed by atoms with Crippen LogP contribution in [-0.4, -0.2) is 34.2 Å². The van der Waals surface area contributed by atoms with E-state index in [0.717, 1.165) is 18.3 Å². The first kappa shape index (κ1) is 14.1. The molecule has 0 aliphatic heterocycles. The molecule has 10 heteroatoms. The van der Waals surface area contributed by atoms with E-state index in [2.05, 4.69) is 20.3 Å². The Morgan fingerprint density at radius 2 is 2.28 bits per heavy atom. The Bertz CT molecular complexity index is 527. The molecule has 2 N–H and O–H groups in total. The van der Waals surface area contributed by atoms with Crippen LogP contribution < -0.4 is 5.32 Å². The van der Waals surface area contributed by atoms with Crippen LogP contribution >= 0.6 is 22.9 Å². The fourth-order valence-corrected chi connectivity index (χ4v) is 1.86. The van der Waals surface area contributed by atoms with E-state index in [1.165, 1.54) is 0 Å². The number of carbonyl (C=O) groups excluding carboxylic acids is 2. The summed E-state index contributed by atoms with van der Waals surface area (Å²) in [4.78, 5) is 39.7. The number of carboxylic acid groups (broad SMARTS) is 1. The van der Waals surface area contributed by atoms with Gasteiger partial charge in [-0.3, -0.25) is 4.79 Å². The van der Waals surface area contributed by atoms with Crippen LogP contribution in [0.2, 0.25) is 4.34 Å². The van der Waals surface area contributed by atoms with E-state index in [1.807, 2.05) is 0 Å². The molecule has 96 valence electrons. The molecule has 0 unspecified atom stereocenters. The molecule has 0 atom stereocenters. The van der Waals surface area contributed by atoms with Crippen molar-refractivity contribution >= 4 is 52.1 Å². The van der Waals surface area contributed by atoms with Gasteiger partial charge in [0.2, 0.25) is 12.1 Å². The van der Waals surface area contributed by atoms with Gasteiger partial charge in [0.1, 0.15) is 10.0 Å². The Balaban J connectivity index is 3.13. The van der Waals surface area contributed by atoms with E-state index in [-0.39, 0.29) is 15.2 Å². The summed E-state index contributed by atoms with van der Waals surface area (Å²) < 4.78 is -0.00680. The van der Waals surface area contributed by atoms with Crippen molar-refractivity contribution in [2.24, 2.45) is 5.16 Å². The highest BCUT2D eigenvalue weighted by atomic mass is 35.5. The number of halogens is 1. The number of anilines is 1. The first-order valence-corrected chi connectivity index (χ1v) is 5.51. The van der Waals surface area contributed by atoms with Gasteiger partial charge >= 0.3 is 11.9 Å². The van der Waals surface area contributed by atoms with Gasteiger partial charge in [0, 0.05) is 6.92 Å². The Kier molecular flexibility index (Phi) is 4.75. The number of carbonyl (C=O) groups is 3. The normalized spacial score (nSPS) is 10.9. The number of oxime groups is 1. The summed E-state index contributed by atoms with van der Waals surface area (Å²) in [5.74, 6) is -2.26. The minimum atomic E-state index is -1.47. The van der Waals surface area contributed by atoms with Crippen molar-refractivity contribution in [1.29, 1.82) is 0 Å². The number of hydrogen-bond donors (Lipinski definition) is 2. The van der Waals surface area contributed by atoms with E-state index in [9.17, 15) is 14.4 Å². The first-order valence-electron chi connectivity index (χ1n) is 4.31. The number of thiazole rings is 1. The number of hydrogen-bond acceptors (Lipinski definition) is 7. The van der Waals surface area contributed by atoms with Crippen LogP contribution in [0.4, 0.5) is 5.13 Å². The lowest BCUT2D eigenvalue weighted by Crippen LogP contribution is -2.16. The summed E-state index contributed by atoms with van der Waals surface area (Å²) in [6.45, 7) is 1.06. The summed E-state index contributed by atoms with van der Waals surface area (Å²) in [7, 11) is 0. The maximum Gasteiger partial charge on any atom is 0.360 e. The smallest absolute Gasteiger partial charge is 0.360 e. The minimum absolute atomic E-state index is 0.00680. The highest BCUT2D eigenvalue weighted by molar-refractivity contribution is 7.20. The standard InChI is InChI=1S/C8H6ClN3O5S/c1-3(14)17-12-5(7(15)16)4-6(9)18-8(11-4)10-2-13/h2H,1H3,(H,15,16)(H,10,11,13)/b12-5-. The number of aromatic nitrogens is 1. The third kappa shape index (κ3) is 3.50. The highest BCUT2D eigenvalue weighted by Gasteiger charge is 2.22. The molecule has 0 saturated heterocycles. The molecule has 0 fully saturated rings. The van der Waals surface area contributed by atoms with Gasteiger partial charge in [-0.25, -0.2) is 14.6 Å². The van der Waals surface area contributed by atoms with Gasteiger partial charge in [-0.15, -0.1) is 0 Å². The van der Waals surface area contributed by atoms with Gasteiger partial charge in [-0.05, 0) is 0 Å². The molecular weight excluding hydrogens is 286 g/mol. The predicted octanol–water partition coefficient (Wildman–Crippen LogP) is 0.717. The van der Waals surface area contributed by atoms with Gasteiger partial charge in [0.15, 0.2) is 5.13 Å². The number of amides is 1. The van der Waals surface area contributed by atoms with E-state index in [1.54, 1.807) is 0 Å². The molecule has 0 aromatic carbocycles. The van der Waals surface area contributed by atoms with E-state index >= 15 is 0 Å². The Hall–Kier alpha value is -2.00. The molecular formula is C8H6ClN3O5S. The molecule has 0 aliphatic rings. The lowest BCUT2D eigenvalue weighted by atomic mass is 10.3. The van der Waals surface area contributed by atoms with Gasteiger partial charge in [-0.1, -0.05) is 28.1 Å². The maximum atomic E-state index is 10.9. The van der Waals surface area contributed by atoms with E-state index in [0.29, 0.717) is 6.41 Å². The van der Waals surface area contributed by atoms with Crippen molar-refractivity contribution in [2.75, 3.05) is 5.32 Å². The highest BCUT2D eigenvalue weighted by Crippen LogP contribution is 2.28. The number of nitrogens with zero attached hydrogens (tertiary/aromatic N) is 2. The number of rotatable bonds is 5. The molecule has 1 heterocycles. The van der Waals surface area contributed by atoms with Crippen LogP contribution in [0.1, 0.15) is 12.6 Å². The van der Waals surface area contributed by atoms with Crippen LogP contribution in [0.15, 0.2) is 5.16 Å². The number of aliphatic carboxylic acids is 1. The SMILES string of the molecule is CC(=O)O/N=C(\C(=O)O)c1nc(NC=O)sc1Cl. The zero-order valence-electron chi connectivity index (χ0n) is 8.84. The third-order valence-corrected chi connectivity index (χ3v) is 2.65. The Morgan fingerprint density at radius 3 is 2.78 bits per heavy atom. The van der Waals surface area contributed by atoms with Gasteiger partial charge in [-0.2, -0.15) is 0 Å². The van der Waals surface area contributed by atoms with Crippen LogP contribution in [0, 0.1) is 0 Å². The summed E-state index contributed by atoms with van der Waals surface area (Å²) in [5, 5.41) is 14.3. The fraction of sp³-hybridized carbons (Fsp3) is 0.125. The molecule has 0 radical (unpaired) electrons. The maximum absolute atomic E-state index is 10.9. The Labute approximate surface area is 109 Å². The summed E-state index contributed by atoms with van der Waals surface area (Å²) in [6, 6.07) is 0. The van der Waals surface area contributed by atoms with Crippen molar-refractivity contribution in [3.8, 4) is 0 Å². The summed E-state index contributed by atoms with van der Waals surface area (Å²) >= 11 is 6.60. The van der Waals surface area contributed by atoms with E-state index < -0.39 is 17.7 Å². The second kappa shape index (κ2) is 6.07. The molecule has 1 aromatic heterocycles. The molecule has 1 amide bonds. The van der Waals surface area contributed by atoms with Crippen LogP contribution in [0.3, 0.4) is 0 Å². The fourth-order valence-electron chi connectivity index (χ4n) is 0.853. The molecule has 0 saturated carbocycles. The van der Waals surface area contributed by atoms with Crippen LogP contribution in [0.25, 0.3) is 0 Å². The molecule has 18 heavy (non-hydrogen) atoms. The van der Waals surface area contributed by atoms with Crippen LogP contribution in [-0.2, 0) is 19.2 Å². The van der Waals surface area contributed by atoms with Gasteiger partial charge < -0.3 is 15.3 Å². The Morgan fingerprint density at radius 1 is 1.61 bits per heavy atom. The largest absolute Gasteiger partial charge is 0.476 e. The van der Waals surface area contributed by atoms with Gasteiger partial charge in [0.05, 0.1) is 0 Å². The average molecular weight is 292 g/mol. The number of nitrogens with one attached hydrogen (secondary N) is 1. The van der Waals surface area contributed by atoms with Crippen molar-refractivity contribution in [3.63, 3.8) is 0 Å². The predicted molar refractivity (Wildman–Crippen MR) is 62.7 cm³/mol. The van der Waals surface area contributed by atoms with Crippen molar-refractivity contribution < 1.29 is 24.3 Å². The average Bonchev–Trinajstić information content (AvgIpc) is 2.60. The second-order valence-electron chi connectivity index (χ2n) is 2.73. The second-order valence-corrected chi connectivity index (χ2v) is 4.33. The van der Waals surface area contributed by atoms with Gasteiger partial charge in [0.25, 0.3) is 0 Å². The summed E-state index contributed by atoms with van der Waals surface area (Å²) in [6.07, 6.45) is 0.364. The number of carboxylic acids is 1. The zero-order valence-corrected chi connectivity index (χ0v) is 10.4. The van der Waals surface area contributed by atoms with E-state index in [4.69, 9.17) is 16.7 Å². The molecule has 0 spiro atoms. The quantitative estimate of drug-likeness (QED) is 0.357. The van der Waals surface area contributed by atoms with Crippen molar-refractivity contribution in [1.82, 2.24) is 4.98 Å². The topological polar surface area (TPSA) is 118 Å². The lowest BCUT2D eigenvalue weighted by Gasteiger charge is -1.97. The summed E-state index contributed by atoms with van der Waals surface area (Å²) in [5.41, 5.74) is -0.829. The lowest BCUT2D eigenvalue weighted by molar-refractivity contribution is -0.141. The van der Waals surface area contributed by atoms with Crippen molar-refractivity contribution in [3.05, 3.63) is 10.0 Å². The van der Waals surface area contributed by atoms with Crippen LogP contribution in [0.5, 0.6) is 0 Å². The minimum Gasteiger partial charge on any atom is -0.476 e. The third-order valence-electron chi connectivity index (χ3n) is 1.46.